The summed E-state index contributed by atoms with van der Waals surface area (Å²) in [7, 11) is 0. The summed E-state index contributed by atoms with van der Waals surface area (Å²) in [6, 6.07) is 0. The Balaban J connectivity index is 0. The first-order valence-corrected chi connectivity index (χ1v) is 0. The van der Waals surface area contributed by atoms with Crippen molar-refractivity contribution in [1.29, 1.82) is 0 Å². The van der Waals surface area contributed by atoms with Crippen LogP contribution in [-0.4, -0.2) is 17.4 Å². The first-order valence-electron chi connectivity index (χ1n) is 0. The van der Waals surface area contributed by atoms with Gasteiger partial charge in [-0.15, -0.1) is 24.8 Å². The maximum Gasteiger partial charge on any atom is 0.187 e. The second-order valence-corrected chi connectivity index (χ2v) is 0. The van der Waals surface area contributed by atoms with Crippen LogP contribution in [0.3, 0.4) is 0 Å². The van der Waals surface area contributed by atoms with Gasteiger partial charge in [-0.2, -0.15) is 0 Å². The van der Waals surface area contributed by atoms with Crippen molar-refractivity contribution >= 4 is 42.2 Å². The Morgan fingerprint density at radius 1 is 0.750 bits per heavy atom. The zero-order valence-corrected chi connectivity index (χ0v) is 3.91. The third-order valence-electron chi connectivity index (χ3n) is 0. The molecule has 0 bridgehead atoms. The van der Waals surface area contributed by atoms with Crippen LogP contribution in [0.25, 0.3) is 0 Å². The topological polar surface area (TPSA) is 0 Å². The van der Waals surface area contributed by atoms with Gasteiger partial charge < -0.3 is 0 Å². The maximum atomic E-state index is 0. The van der Waals surface area contributed by atoms with Crippen LogP contribution in [0.5, 0.6) is 0 Å². The number of rotatable bonds is 0. The molecule has 30 valence electrons. The van der Waals surface area contributed by atoms with E-state index in [1.165, 1.54) is 0 Å². The quantitative estimate of drug-likeness (QED) is 0.424. The monoisotopic (exact) mass is 158 g/mol. The van der Waals surface area contributed by atoms with E-state index < -0.39 is 0 Å². The Kier molecular flexibility index (Phi) is 260. The number of halogens is 2. The summed E-state index contributed by atoms with van der Waals surface area (Å²) in [6.07, 6.45) is 0. The molecular formula is H5AlCl2Fe. The van der Waals surface area contributed by atoms with Crippen LogP contribution in [0.4, 0.5) is 0 Å². The molecule has 0 aromatic carbocycles. The van der Waals surface area contributed by atoms with Crippen LogP contribution in [-0.2, 0) is 17.1 Å². The second kappa shape index (κ2) is 22.9. The van der Waals surface area contributed by atoms with E-state index in [0.717, 1.165) is 0 Å². The summed E-state index contributed by atoms with van der Waals surface area (Å²) in [5, 5.41) is 0. The summed E-state index contributed by atoms with van der Waals surface area (Å²) in [4.78, 5) is 0. The summed E-state index contributed by atoms with van der Waals surface area (Å²) in [6.45, 7) is 0. The van der Waals surface area contributed by atoms with E-state index in [-0.39, 0.29) is 59.2 Å². The van der Waals surface area contributed by atoms with Gasteiger partial charge in [-0.05, 0) is 0 Å². The molecule has 0 amide bonds. The predicted molar refractivity (Wildman–Crippen MR) is 24.4 cm³/mol. The van der Waals surface area contributed by atoms with Crippen LogP contribution >= 0.6 is 24.8 Å². The second-order valence-electron chi connectivity index (χ2n) is 0. The van der Waals surface area contributed by atoms with Gasteiger partial charge in [0.05, 0.1) is 0 Å². The van der Waals surface area contributed by atoms with Crippen molar-refractivity contribution in [3.63, 3.8) is 0 Å². The van der Waals surface area contributed by atoms with Crippen LogP contribution in [0.1, 0.15) is 0 Å². The van der Waals surface area contributed by atoms with Crippen molar-refractivity contribution < 1.29 is 17.1 Å². The number of hydrogen-bond donors (Lipinski definition) is 0. The fourth-order valence-corrected chi connectivity index (χ4v) is 0. The molecular weight excluding hydrogens is 154 g/mol. The van der Waals surface area contributed by atoms with Crippen LogP contribution in [0.2, 0.25) is 0 Å². The molecule has 0 unspecified atom stereocenters. The molecule has 0 aromatic heterocycles. The zero-order valence-electron chi connectivity index (χ0n) is 1.17. The first kappa shape index (κ1) is 45.4. The smallest absolute Gasteiger partial charge is 0.147 e. The molecule has 0 heterocycles. The molecule has 0 saturated carbocycles. The van der Waals surface area contributed by atoms with Gasteiger partial charge in [0.25, 0.3) is 0 Å². The van der Waals surface area contributed by atoms with E-state index in [2.05, 4.69) is 0 Å². The van der Waals surface area contributed by atoms with Gasteiger partial charge in [0, 0.05) is 17.1 Å². The van der Waals surface area contributed by atoms with Crippen molar-refractivity contribution in [2.24, 2.45) is 0 Å². The molecule has 0 nitrogen and oxygen atoms in total. The average Bonchev–Trinajstić information content (AvgIpc) is 0. The summed E-state index contributed by atoms with van der Waals surface area (Å²) in [5.41, 5.74) is 0. The summed E-state index contributed by atoms with van der Waals surface area (Å²) in [5.74, 6) is 0. The van der Waals surface area contributed by atoms with Crippen molar-refractivity contribution in [3.05, 3.63) is 0 Å². The molecule has 0 atom stereocenters. The molecule has 0 fully saturated rings. The van der Waals surface area contributed by atoms with Gasteiger partial charge >= 0.3 is 0 Å². The largest absolute Gasteiger partial charge is 0.187 e. The zero-order chi connectivity index (χ0) is 0. The van der Waals surface area contributed by atoms with E-state index in [0.29, 0.717) is 0 Å². The van der Waals surface area contributed by atoms with Crippen LogP contribution < -0.4 is 0 Å². The summed E-state index contributed by atoms with van der Waals surface area (Å²) < 4.78 is 0. The predicted octanol–water partition coefficient (Wildman–Crippen LogP) is -0.343. The van der Waals surface area contributed by atoms with Crippen molar-refractivity contribution in [3.8, 4) is 0 Å². The van der Waals surface area contributed by atoms with E-state index in [1.807, 2.05) is 0 Å². The van der Waals surface area contributed by atoms with Gasteiger partial charge in [0.1, 0.15) is 0 Å². The maximum absolute atomic E-state index is 0. The molecule has 0 aliphatic rings. The fourth-order valence-electron chi connectivity index (χ4n) is 0. The van der Waals surface area contributed by atoms with E-state index in [9.17, 15) is 0 Å². The molecule has 0 aliphatic carbocycles. The van der Waals surface area contributed by atoms with Crippen molar-refractivity contribution in [2.45, 2.75) is 0 Å². The molecule has 0 aliphatic heterocycles. The third kappa shape index (κ3) is 9.45. The van der Waals surface area contributed by atoms with Crippen LogP contribution in [0, 0.1) is 0 Å². The molecule has 0 N–H and O–H groups in total. The minimum absolute atomic E-state index is 0. The Labute approximate surface area is 59.1 Å². The molecule has 0 radical (unpaired) electrons. The molecule has 0 rings (SSSR count). The normalized spacial score (nSPS) is 0. The first-order chi connectivity index (χ1) is 0. The Morgan fingerprint density at radius 2 is 0.750 bits per heavy atom. The van der Waals surface area contributed by atoms with E-state index in [4.69, 9.17) is 0 Å². The Morgan fingerprint density at radius 3 is 0.750 bits per heavy atom. The Bertz CT molecular complexity index is 6.00. The Hall–Kier alpha value is 1.63. The minimum Gasteiger partial charge on any atom is -0.147 e. The molecule has 0 spiro atoms. The molecule has 0 saturated heterocycles. The SMILES string of the molecule is Cl.Cl.[AlH3].[Fe]. The van der Waals surface area contributed by atoms with Gasteiger partial charge in [-0.3, -0.25) is 0 Å². The number of hydrogen-bond acceptors (Lipinski definition) is 0. The third-order valence-corrected chi connectivity index (χ3v) is 0. The van der Waals surface area contributed by atoms with Crippen molar-refractivity contribution in [1.82, 2.24) is 0 Å². The minimum atomic E-state index is 0. The molecule has 0 aromatic rings. The van der Waals surface area contributed by atoms with Crippen LogP contribution in [0.15, 0.2) is 0 Å². The van der Waals surface area contributed by atoms with E-state index >= 15 is 0 Å². The summed E-state index contributed by atoms with van der Waals surface area (Å²) >= 11 is 0. The fraction of sp³-hybridized carbons (Fsp3) is 0. The molecule has 4 heteroatoms. The van der Waals surface area contributed by atoms with Gasteiger partial charge in [-0.1, -0.05) is 0 Å². The van der Waals surface area contributed by atoms with E-state index in [1.54, 1.807) is 0 Å². The van der Waals surface area contributed by atoms with Gasteiger partial charge in [-0.25, -0.2) is 0 Å². The van der Waals surface area contributed by atoms with Gasteiger partial charge in [0.15, 0.2) is 17.4 Å². The standard InChI is InChI=1S/Al.2ClH.Fe.3H/h;2*1H;;;;. The van der Waals surface area contributed by atoms with Crippen molar-refractivity contribution in [2.75, 3.05) is 0 Å². The average molecular weight is 159 g/mol. The molecule has 4 heavy (non-hydrogen) atoms. The van der Waals surface area contributed by atoms with Gasteiger partial charge in [0.2, 0.25) is 0 Å².